The SMILES string of the molecule is CCCNC1CSCC1CCCOCC(F)(F)F. The van der Waals surface area contributed by atoms with E-state index in [9.17, 15) is 13.2 Å². The van der Waals surface area contributed by atoms with Crippen LogP contribution in [0.1, 0.15) is 26.2 Å². The topological polar surface area (TPSA) is 21.3 Å². The van der Waals surface area contributed by atoms with E-state index < -0.39 is 12.8 Å². The van der Waals surface area contributed by atoms with Gasteiger partial charge in [-0.25, -0.2) is 0 Å². The van der Waals surface area contributed by atoms with Crippen LogP contribution in [-0.4, -0.2) is 43.5 Å². The van der Waals surface area contributed by atoms with Gasteiger partial charge in [0.25, 0.3) is 0 Å². The van der Waals surface area contributed by atoms with Gasteiger partial charge in [0.05, 0.1) is 0 Å². The normalized spacial score (nSPS) is 24.7. The van der Waals surface area contributed by atoms with Crippen molar-refractivity contribution in [3.63, 3.8) is 0 Å². The number of hydrogen-bond acceptors (Lipinski definition) is 3. The summed E-state index contributed by atoms with van der Waals surface area (Å²) in [5.41, 5.74) is 0. The van der Waals surface area contributed by atoms with Crippen LogP contribution in [0.25, 0.3) is 0 Å². The van der Waals surface area contributed by atoms with Crippen LogP contribution in [0.2, 0.25) is 0 Å². The number of halogens is 3. The fraction of sp³-hybridized carbons (Fsp3) is 1.00. The van der Waals surface area contributed by atoms with Crippen molar-refractivity contribution in [2.45, 2.75) is 38.4 Å². The van der Waals surface area contributed by atoms with E-state index in [0.29, 0.717) is 18.4 Å². The molecule has 1 rings (SSSR count). The molecule has 2 unspecified atom stereocenters. The first kappa shape index (κ1) is 16.1. The third kappa shape index (κ3) is 6.85. The Morgan fingerprint density at radius 3 is 2.78 bits per heavy atom. The predicted molar refractivity (Wildman–Crippen MR) is 69.0 cm³/mol. The predicted octanol–water partition coefficient (Wildman–Crippen LogP) is 3.08. The molecule has 0 aliphatic carbocycles. The van der Waals surface area contributed by atoms with E-state index >= 15 is 0 Å². The summed E-state index contributed by atoms with van der Waals surface area (Å²) in [6.45, 7) is 2.24. The van der Waals surface area contributed by atoms with Gasteiger partial charge in [0.1, 0.15) is 6.61 Å². The summed E-state index contributed by atoms with van der Waals surface area (Å²) in [5, 5.41) is 3.50. The van der Waals surface area contributed by atoms with Crippen LogP contribution in [0.3, 0.4) is 0 Å². The summed E-state index contributed by atoms with van der Waals surface area (Å²) in [4.78, 5) is 0. The molecule has 1 saturated heterocycles. The van der Waals surface area contributed by atoms with E-state index in [0.717, 1.165) is 30.9 Å². The molecule has 2 atom stereocenters. The quantitative estimate of drug-likeness (QED) is 0.693. The van der Waals surface area contributed by atoms with E-state index in [1.165, 1.54) is 0 Å². The fourth-order valence-corrected chi connectivity index (χ4v) is 3.56. The Bertz CT molecular complexity index is 226. The Morgan fingerprint density at radius 2 is 2.11 bits per heavy atom. The van der Waals surface area contributed by atoms with Gasteiger partial charge in [-0.15, -0.1) is 0 Å². The molecule has 0 aromatic rings. The minimum Gasteiger partial charge on any atom is -0.372 e. The molecule has 6 heteroatoms. The van der Waals surface area contributed by atoms with Crippen molar-refractivity contribution in [2.75, 3.05) is 31.3 Å². The highest BCUT2D eigenvalue weighted by atomic mass is 32.2. The van der Waals surface area contributed by atoms with Gasteiger partial charge in [-0.05, 0) is 37.5 Å². The van der Waals surface area contributed by atoms with Gasteiger partial charge in [-0.1, -0.05) is 6.92 Å². The van der Waals surface area contributed by atoms with E-state index in [-0.39, 0.29) is 6.61 Å². The molecule has 1 aliphatic heterocycles. The zero-order valence-electron chi connectivity index (χ0n) is 10.8. The molecule has 1 heterocycles. The summed E-state index contributed by atoms with van der Waals surface area (Å²) in [6.07, 6.45) is -1.42. The van der Waals surface area contributed by atoms with Crippen LogP contribution < -0.4 is 5.32 Å². The van der Waals surface area contributed by atoms with Gasteiger partial charge in [-0.3, -0.25) is 0 Å². The largest absolute Gasteiger partial charge is 0.411 e. The smallest absolute Gasteiger partial charge is 0.372 e. The summed E-state index contributed by atoms with van der Waals surface area (Å²) in [6, 6.07) is 0.526. The van der Waals surface area contributed by atoms with Crippen molar-refractivity contribution in [1.82, 2.24) is 5.32 Å². The lowest BCUT2D eigenvalue weighted by Gasteiger charge is -2.19. The third-order valence-corrected chi connectivity index (χ3v) is 4.24. The van der Waals surface area contributed by atoms with Gasteiger partial charge in [0.2, 0.25) is 0 Å². The molecular weight excluding hydrogens is 263 g/mol. The van der Waals surface area contributed by atoms with Gasteiger partial charge >= 0.3 is 6.18 Å². The Labute approximate surface area is 111 Å². The first-order valence-electron chi connectivity index (χ1n) is 6.48. The van der Waals surface area contributed by atoms with Gasteiger partial charge in [0, 0.05) is 18.4 Å². The fourth-order valence-electron chi connectivity index (χ4n) is 2.07. The minimum atomic E-state index is -4.20. The molecule has 1 fully saturated rings. The van der Waals surface area contributed by atoms with E-state index in [1.807, 2.05) is 11.8 Å². The van der Waals surface area contributed by atoms with Crippen molar-refractivity contribution >= 4 is 11.8 Å². The lowest BCUT2D eigenvalue weighted by Crippen LogP contribution is -2.35. The second kappa shape index (κ2) is 8.27. The number of ether oxygens (including phenoxy) is 1. The number of nitrogens with one attached hydrogen (secondary N) is 1. The van der Waals surface area contributed by atoms with Crippen LogP contribution in [0.5, 0.6) is 0 Å². The Balaban J connectivity index is 2.07. The Morgan fingerprint density at radius 1 is 1.33 bits per heavy atom. The van der Waals surface area contributed by atoms with Crippen molar-refractivity contribution in [3.8, 4) is 0 Å². The molecule has 0 radical (unpaired) electrons. The lowest BCUT2D eigenvalue weighted by atomic mass is 9.98. The van der Waals surface area contributed by atoms with Crippen molar-refractivity contribution in [2.24, 2.45) is 5.92 Å². The van der Waals surface area contributed by atoms with Gasteiger partial charge in [-0.2, -0.15) is 24.9 Å². The molecular formula is C12H22F3NOS. The lowest BCUT2D eigenvalue weighted by molar-refractivity contribution is -0.174. The molecule has 2 nitrogen and oxygen atoms in total. The molecule has 0 spiro atoms. The highest BCUT2D eigenvalue weighted by Crippen LogP contribution is 2.28. The molecule has 1 aliphatic rings. The average Bonchev–Trinajstić information content (AvgIpc) is 2.72. The molecule has 0 aromatic carbocycles. The van der Waals surface area contributed by atoms with Gasteiger partial charge in [0.15, 0.2) is 0 Å². The third-order valence-electron chi connectivity index (χ3n) is 2.98. The Kier molecular flexibility index (Phi) is 7.41. The molecule has 0 amide bonds. The maximum atomic E-state index is 11.8. The minimum absolute atomic E-state index is 0.209. The number of rotatable bonds is 8. The van der Waals surface area contributed by atoms with Crippen molar-refractivity contribution in [1.29, 1.82) is 0 Å². The van der Waals surface area contributed by atoms with E-state index in [1.54, 1.807) is 0 Å². The summed E-state index contributed by atoms with van der Waals surface area (Å²) < 4.78 is 40.2. The van der Waals surface area contributed by atoms with Crippen molar-refractivity contribution in [3.05, 3.63) is 0 Å². The first-order valence-corrected chi connectivity index (χ1v) is 7.64. The molecule has 0 saturated carbocycles. The second-order valence-corrected chi connectivity index (χ2v) is 5.74. The van der Waals surface area contributed by atoms with Crippen LogP contribution >= 0.6 is 11.8 Å². The molecule has 1 N–H and O–H groups in total. The van der Waals surface area contributed by atoms with Crippen molar-refractivity contribution < 1.29 is 17.9 Å². The zero-order valence-corrected chi connectivity index (χ0v) is 11.6. The molecule has 18 heavy (non-hydrogen) atoms. The summed E-state index contributed by atoms with van der Waals surface area (Å²) >= 11 is 1.93. The molecule has 108 valence electrons. The maximum Gasteiger partial charge on any atom is 0.411 e. The average molecular weight is 285 g/mol. The highest BCUT2D eigenvalue weighted by Gasteiger charge is 2.28. The number of alkyl halides is 3. The molecule has 0 bridgehead atoms. The first-order chi connectivity index (χ1) is 8.53. The van der Waals surface area contributed by atoms with Crippen LogP contribution in [0, 0.1) is 5.92 Å². The number of thioether (sulfide) groups is 1. The Hall–Kier alpha value is 0.0600. The van der Waals surface area contributed by atoms with Crippen LogP contribution in [-0.2, 0) is 4.74 Å². The monoisotopic (exact) mass is 285 g/mol. The zero-order chi connectivity index (χ0) is 13.4. The van der Waals surface area contributed by atoms with Crippen LogP contribution in [0.15, 0.2) is 0 Å². The highest BCUT2D eigenvalue weighted by molar-refractivity contribution is 7.99. The van der Waals surface area contributed by atoms with E-state index in [2.05, 4.69) is 17.0 Å². The summed E-state index contributed by atoms with van der Waals surface area (Å²) in [5.74, 6) is 2.81. The maximum absolute atomic E-state index is 11.8. The summed E-state index contributed by atoms with van der Waals surface area (Å²) in [7, 11) is 0. The van der Waals surface area contributed by atoms with E-state index in [4.69, 9.17) is 0 Å². The second-order valence-electron chi connectivity index (χ2n) is 4.67. The number of hydrogen-bond donors (Lipinski definition) is 1. The molecule has 0 aromatic heterocycles. The standard InChI is InChI=1S/C12H22F3NOS/c1-2-5-16-11-8-18-7-10(11)4-3-6-17-9-12(13,14)15/h10-11,16H,2-9H2,1H3. The van der Waals surface area contributed by atoms with Crippen LogP contribution in [0.4, 0.5) is 13.2 Å². The van der Waals surface area contributed by atoms with Gasteiger partial charge < -0.3 is 10.1 Å².